The van der Waals surface area contributed by atoms with Crippen molar-refractivity contribution in [2.45, 2.75) is 12.8 Å². The number of nitrogens with one attached hydrogen (secondary N) is 1. The lowest BCUT2D eigenvalue weighted by Gasteiger charge is -2.36. The Morgan fingerprint density at radius 1 is 1.03 bits per heavy atom. The lowest BCUT2D eigenvalue weighted by atomic mass is 10.2. The molecule has 0 unspecified atom stereocenters. The van der Waals surface area contributed by atoms with Gasteiger partial charge in [-0.15, -0.1) is 0 Å². The van der Waals surface area contributed by atoms with Crippen molar-refractivity contribution in [3.8, 4) is 11.5 Å². The van der Waals surface area contributed by atoms with E-state index < -0.39 is 0 Å². The predicted octanol–water partition coefficient (Wildman–Crippen LogP) is 2.68. The molecular weight excluding hydrogens is 406 g/mol. The first kappa shape index (κ1) is 22.0. The van der Waals surface area contributed by atoms with Crippen LogP contribution in [-0.4, -0.2) is 73.9 Å². The molecule has 32 heavy (non-hydrogen) atoms. The zero-order valence-corrected chi connectivity index (χ0v) is 18.8. The number of piperazine rings is 1. The highest BCUT2D eigenvalue weighted by Crippen LogP contribution is 2.32. The van der Waals surface area contributed by atoms with Crippen LogP contribution in [-0.2, 0) is 0 Å². The minimum absolute atomic E-state index is 0.115. The summed E-state index contributed by atoms with van der Waals surface area (Å²) < 4.78 is 12.6. The largest absolute Gasteiger partial charge is 0.497 e. The van der Waals surface area contributed by atoms with Crippen molar-refractivity contribution >= 4 is 17.1 Å². The number of carbonyl (C=O) groups is 1. The number of rotatable bonds is 9. The Morgan fingerprint density at radius 2 is 1.88 bits per heavy atom. The Morgan fingerprint density at radius 3 is 2.62 bits per heavy atom. The van der Waals surface area contributed by atoms with Crippen LogP contribution in [0.25, 0.3) is 5.52 Å². The van der Waals surface area contributed by atoms with Crippen LogP contribution in [0.3, 0.4) is 0 Å². The Kier molecular flexibility index (Phi) is 7.11. The summed E-state index contributed by atoms with van der Waals surface area (Å²) in [5.74, 6) is 1.53. The smallest absolute Gasteiger partial charge is 0.271 e. The van der Waals surface area contributed by atoms with Gasteiger partial charge in [-0.2, -0.15) is 5.10 Å². The molecule has 4 rings (SSSR count). The Hall–Kier alpha value is -3.26. The number of benzene rings is 1. The molecule has 2 aromatic heterocycles. The molecule has 0 saturated carbocycles. The molecule has 1 fully saturated rings. The predicted molar refractivity (Wildman–Crippen MR) is 125 cm³/mol. The Bertz CT molecular complexity index is 1010. The van der Waals surface area contributed by atoms with Crippen LogP contribution in [0.5, 0.6) is 11.5 Å². The first-order valence-corrected chi connectivity index (χ1v) is 11.1. The maximum absolute atomic E-state index is 12.3. The average molecular weight is 438 g/mol. The fourth-order valence-corrected chi connectivity index (χ4v) is 4.06. The highest BCUT2D eigenvalue weighted by Gasteiger charge is 2.20. The van der Waals surface area contributed by atoms with Gasteiger partial charge in [0.2, 0.25) is 0 Å². The standard InChI is InChI=1S/C24H31N5O3/c1-31-20-8-9-22(23(18-20)32-2)28-15-13-27(14-16-28)11-6-4-10-25-24(30)21-17-19-7-3-5-12-29(19)26-21/h3,5,7-9,12,17-18H,4,6,10-11,13-16H2,1-2H3,(H,25,30). The van der Waals surface area contributed by atoms with Crippen LogP contribution in [0.4, 0.5) is 5.69 Å². The van der Waals surface area contributed by atoms with Crippen LogP contribution < -0.4 is 19.7 Å². The van der Waals surface area contributed by atoms with Crippen molar-refractivity contribution in [2.24, 2.45) is 0 Å². The van der Waals surface area contributed by atoms with Gasteiger partial charge in [-0.3, -0.25) is 9.69 Å². The second kappa shape index (κ2) is 10.4. The average Bonchev–Trinajstić information content (AvgIpc) is 3.28. The molecular formula is C24H31N5O3. The maximum atomic E-state index is 12.3. The number of nitrogens with zero attached hydrogens (tertiary/aromatic N) is 4. The number of methoxy groups -OCH3 is 2. The summed E-state index contributed by atoms with van der Waals surface area (Å²) in [6.45, 7) is 5.67. The molecule has 1 N–H and O–H groups in total. The van der Waals surface area contributed by atoms with Crippen molar-refractivity contribution in [1.82, 2.24) is 19.8 Å². The molecule has 0 radical (unpaired) electrons. The van der Waals surface area contributed by atoms with E-state index in [-0.39, 0.29) is 5.91 Å². The van der Waals surface area contributed by atoms with Crippen molar-refractivity contribution in [1.29, 1.82) is 0 Å². The molecule has 1 saturated heterocycles. The third-order valence-electron chi connectivity index (χ3n) is 5.89. The number of aromatic nitrogens is 2. The quantitative estimate of drug-likeness (QED) is 0.519. The van der Waals surface area contributed by atoms with Gasteiger partial charge < -0.3 is 19.7 Å². The van der Waals surface area contributed by atoms with E-state index in [1.807, 2.05) is 42.6 Å². The van der Waals surface area contributed by atoms with E-state index in [4.69, 9.17) is 9.47 Å². The molecule has 0 bridgehead atoms. The monoisotopic (exact) mass is 437 g/mol. The van der Waals surface area contributed by atoms with Crippen molar-refractivity contribution in [3.63, 3.8) is 0 Å². The van der Waals surface area contributed by atoms with Gasteiger partial charge in [-0.25, -0.2) is 4.52 Å². The lowest BCUT2D eigenvalue weighted by Crippen LogP contribution is -2.46. The van der Waals surface area contributed by atoms with E-state index in [2.05, 4.69) is 26.3 Å². The molecule has 0 spiro atoms. The van der Waals surface area contributed by atoms with Gasteiger partial charge in [-0.1, -0.05) is 6.07 Å². The molecule has 0 atom stereocenters. The number of anilines is 1. The lowest BCUT2D eigenvalue weighted by molar-refractivity contribution is 0.0947. The molecule has 1 aliphatic heterocycles. The van der Waals surface area contributed by atoms with E-state index in [0.29, 0.717) is 12.2 Å². The van der Waals surface area contributed by atoms with E-state index in [1.54, 1.807) is 18.7 Å². The summed E-state index contributed by atoms with van der Waals surface area (Å²) in [4.78, 5) is 17.2. The summed E-state index contributed by atoms with van der Waals surface area (Å²) in [5, 5.41) is 7.30. The van der Waals surface area contributed by atoms with Gasteiger partial charge in [0.1, 0.15) is 11.5 Å². The number of ether oxygens (including phenoxy) is 2. The number of hydrogen-bond donors (Lipinski definition) is 1. The topological polar surface area (TPSA) is 71.3 Å². The summed E-state index contributed by atoms with van der Waals surface area (Å²) >= 11 is 0. The highest BCUT2D eigenvalue weighted by atomic mass is 16.5. The first-order valence-electron chi connectivity index (χ1n) is 11.1. The van der Waals surface area contributed by atoms with Gasteiger partial charge in [0.05, 0.1) is 25.4 Å². The first-order chi connectivity index (χ1) is 15.7. The second-order valence-electron chi connectivity index (χ2n) is 7.93. The number of amides is 1. The summed E-state index contributed by atoms with van der Waals surface area (Å²) in [5.41, 5.74) is 2.49. The number of hydrogen-bond acceptors (Lipinski definition) is 6. The summed E-state index contributed by atoms with van der Waals surface area (Å²) in [7, 11) is 3.36. The van der Waals surface area contributed by atoms with Crippen LogP contribution in [0.15, 0.2) is 48.7 Å². The molecule has 3 aromatic rings. The number of pyridine rings is 1. The van der Waals surface area contributed by atoms with Gasteiger partial charge >= 0.3 is 0 Å². The Balaban J connectivity index is 1.16. The zero-order chi connectivity index (χ0) is 22.3. The highest BCUT2D eigenvalue weighted by molar-refractivity contribution is 5.93. The fraction of sp³-hybridized carbons (Fsp3) is 0.417. The maximum Gasteiger partial charge on any atom is 0.271 e. The number of unbranched alkanes of at least 4 members (excludes halogenated alkanes) is 1. The van der Waals surface area contributed by atoms with E-state index in [9.17, 15) is 4.79 Å². The molecule has 1 aliphatic rings. The minimum Gasteiger partial charge on any atom is -0.497 e. The van der Waals surface area contributed by atoms with Crippen LogP contribution in [0.2, 0.25) is 0 Å². The van der Waals surface area contributed by atoms with E-state index >= 15 is 0 Å². The Labute approximate surface area is 188 Å². The van der Waals surface area contributed by atoms with Crippen molar-refractivity contribution in [2.75, 3.05) is 58.4 Å². The minimum atomic E-state index is -0.115. The fourth-order valence-electron chi connectivity index (χ4n) is 4.06. The van der Waals surface area contributed by atoms with E-state index in [0.717, 1.165) is 68.3 Å². The zero-order valence-electron chi connectivity index (χ0n) is 18.8. The van der Waals surface area contributed by atoms with Crippen LogP contribution in [0.1, 0.15) is 23.3 Å². The molecule has 1 amide bonds. The molecule has 170 valence electrons. The third kappa shape index (κ3) is 5.13. The normalized spacial score (nSPS) is 14.5. The summed E-state index contributed by atoms with van der Waals surface area (Å²) in [6.07, 6.45) is 3.85. The van der Waals surface area contributed by atoms with Crippen molar-refractivity contribution < 1.29 is 14.3 Å². The SMILES string of the molecule is COc1ccc(N2CCN(CCCCNC(=O)c3cc4ccccn4n3)CC2)c(OC)c1. The molecule has 1 aromatic carbocycles. The van der Waals surface area contributed by atoms with Crippen LogP contribution in [0, 0.1) is 0 Å². The van der Waals surface area contributed by atoms with Gasteiger partial charge in [0.25, 0.3) is 5.91 Å². The summed E-state index contributed by atoms with van der Waals surface area (Å²) in [6, 6.07) is 13.6. The second-order valence-corrected chi connectivity index (χ2v) is 7.93. The van der Waals surface area contributed by atoms with Crippen molar-refractivity contribution in [3.05, 3.63) is 54.4 Å². The third-order valence-corrected chi connectivity index (χ3v) is 5.89. The molecule has 0 aliphatic carbocycles. The number of carbonyl (C=O) groups excluding carboxylic acids is 1. The van der Waals surface area contributed by atoms with Gasteiger partial charge in [-0.05, 0) is 49.7 Å². The molecule has 3 heterocycles. The molecule has 8 nitrogen and oxygen atoms in total. The van der Waals surface area contributed by atoms with Crippen LogP contribution >= 0.6 is 0 Å². The molecule has 8 heteroatoms. The van der Waals surface area contributed by atoms with Gasteiger partial charge in [0, 0.05) is 45.0 Å². The van der Waals surface area contributed by atoms with E-state index in [1.165, 1.54) is 0 Å². The number of fused-ring (bicyclic) bond motifs is 1. The van der Waals surface area contributed by atoms with Gasteiger partial charge in [0.15, 0.2) is 5.69 Å².